The number of nitrogens with one attached hydrogen (secondary N) is 1. The number of amides is 1. The Labute approximate surface area is 142 Å². The third-order valence-electron chi connectivity index (χ3n) is 3.08. The van der Waals surface area contributed by atoms with Gasteiger partial charge in [-0.3, -0.25) is 4.79 Å². The minimum atomic E-state index is -0.695. The number of hydrogen-bond donors (Lipinski definition) is 2. The number of rotatable bonds is 4. The third kappa shape index (κ3) is 4.15. The number of para-hydroxylation sites is 1. The summed E-state index contributed by atoms with van der Waals surface area (Å²) in [4.78, 5) is 23.6. The molecule has 0 saturated heterocycles. The molecule has 2 aromatic rings. The minimum Gasteiger partial charge on any atom is -0.505 e. The highest BCUT2D eigenvalue weighted by Crippen LogP contribution is 2.28. The van der Waals surface area contributed by atoms with Gasteiger partial charge in [0.25, 0.3) is 0 Å². The van der Waals surface area contributed by atoms with E-state index in [1.165, 1.54) is 25.3 Å². The molecule has 23 heavy (non-hydrogen) atoms. The lowest BCUT2D eigenvalue weighted by atomic mass is 10.1. The van der Waals surface area contributed by atoms with E-state index < -0.39 is 11.9 Å². The van der Waals surface area contributed by atoms with Crippen LogP contribution in [0.15, 0.2) is 36.4 Å². The fourth-order valence-electron chi connectivity index (χ4n) is 1.95. The molecule has 0 bridgehead atoms. The molecule has 5 nitrogen and oxygen atoms in total. The first-order valence-electron chi connectivity index (χ1n) is 6.56. The van der Waals surface area contributed by atoms with Crippen molar-refractivity contribution >= 4 is 40.8 Å². The van der Waals surface area contributed by atoms with Gasteiger partial charge in [-0.1, -0.05) is 35.3 Å². The normalized spacial score (nSPS) is 10.2. The topological polar surface area (TPSA) is 75.6 Å². The number of phenols is 1. The Morgan fingerprint density at radius 1 is 1.22 bits per heavy atom. The van der Waals surface area contributed by atoms with Gasteiger partial charge < -0.3 is 15.2 Å². The second-order valence-electron chi connectivity index (χ2n) is 4.65. The third-order valence-corrected chi connectivity index (χ3v) is 3.67. The Bertz CT molecular complexity index is 762. The van der Waals surface area contributed by atoms with E-state index in [0.717, 1.165) is 0 Å². The van der Waals surface area contributed by atoms with E-state index in [-0.39, 0.29) is 23.4 Å². The molecular formula is C16H13Cl2NO4. The van der Waals surface area contributed by atoms with Crippen molar-refractivity contribution in [1.29, 1.82) is 0 Å². The van der Waals surface area contributed by atoms with Crippen LogP contribution in [-0.2, 0) is 16.0 Å². The van der Waals surface area contributed by atoms with E-state index in [1.54, 1.807) is 18.2 Å². The Kier molecular flexibility index (Phi) is 5.47. The van der Waals surface area contributed by atoms with Gasteiger partial charge in [0.1, 0.15) is 5.56 Å². The number of esters is 1. The van der Waals surface area contributed by atoms with Crippen LogP contribution in [-0.4, -0.2) is 24.1 Å². The van der Waals surface area contributed by atoms with Gasteiger partial charge in [0, 0.05) is 10.0 Å². The van der Waals surface area contributed by atoms with Crippen molar-refractivity contribution in [2.24, 2.45) is 0 Å². The van der Waals surface area contributed by atoms with Gasteiger partial charge in [-0.25, -0.2) is 4.79 Å². The number of carbonyl (C=O) groups excluding carboxylic acids is 2. The molecule has 0 fully saturated rings. The van der Waals surface area contributed by atoms with Crippen LogP contribution in [0.5, 0.6) is 5.75 Å². The van der Waals surface area contributed by atoms with Crippen molar-refractivity contribution < 1.29 is 19.4 Å². The van der Waals surface area contributed by atoms with Crippen LogP contribution in [0.2, 0.25) is 10.0 Å². The molecule has 0 unspecified atom stereocenters. The summed E-state index contributed by atoms with van der Waals surface area (Å²) in [5, 5.41) is 13.4. The maximum Gasteiger partial charge on any atom is 0.341 e. The molecule has 120 valence electrons. The Hall–Kier alpha value is -2.24. The van der Waals surface area contributed by atoms with Crippen LogP contribution in [0.1, 0.15) is 15.9 Å². The van der Waals surface area contributed by atoms with Crippen LogP contribution in [0.3, 0.4) is 0 Å². The lowest BCUT2D eigenvalue weighted by Gasteiger charge is -2.10. The molecule has 2 rings (SSSR count). The first-order chi connectivity index (χ1) is 10.9. The van der Waals surface area contributed by atoms with Crippen LogP contribution >= 0.6 is 23.2 Å². The van der Waals surface area contributed by atoms with E-state index in [0.29, 0.717) is 15.6 Å². The zero-order valence-corrected chi connectivity index (χ0v) is 13.6. The lowest BCUT2D eigenvalue weighted by Crippen LogP contribution is -2.15. The summed E-state index contributed by atoms with van der Waals surface area (Å²) >= 11 is 11.8. The van der Waals surface area contributed by atoms with Gasteiger partial charge in [0.15, 0.2) is 5.75 Å². The molecule has 0 saturated carbocycles. The van der Waals surface area contributed by atoms with Gasteiger partial charge in [-0.15, -0.1) is 0 Å². The van der Waals surface area contributed by atoms with E-state index in [2.05, 4.69) is 10.1 Å². The number of ether oxygens (including phenoxy) is 1. The quantitative estimate of drug-likeness (QED) is 0.649. The van der Waals surface area contributed by atoms with Crippen molar-refractivity contribution in [3.8, 4) is 5.75 Å². The van der Waals surface area contributed by atoms with Crippen LogP contribution in [0.4, 0.5) is 5.69 Å². The summed E-state index contributed by atoms with van der Waals surface area (Å²) in [5.41, 5.74) is 0.676. The molecule has 0 aliphatic rings. The molecule has 0 radical (unpaired) electrons. The molecule has 0 aliphatic heterocycles. The molecule has 0 heterocycles. The number of methoxy groups -OCH3 is 1. The van der Waals surface area contributed by atoms with Gasteiger partial charge in [-0.05, 0) is 29.8 Å². The van der Waals surface area contributed by atoms with Gasteiger partial charge in [0.05, 0.1) is 19.2 Å². The average molecular weight is 354 g/mol. The Morgan fingerprint density at radius 3 is 2.61 bits per heavy atom. The average Bonchev–Trinajstić information content (AvgIpc) is 2.51. The first kappa shape index (κ1) is 17.1. The summed E-state index contributed by atoms with van der Waals surface area (Å²) in [6.07, 6.45) is -0.00209. The maximum atomic E-state index is 12.1. The predicted octanol–water partition coefficient (Wildman–Crippen LogP) is 3.67. The molecule has 0 aliphatic carbocycles. The van der Waals surface area contributed by atoms with Crippen molar-refractivity contribution in [1.82, 2.24) is 0 Å². The Balaban J connectivity index is 2.16. The number of carbonyl (C=O) groups is 2. The summed E-state index contributed by atoms with van der Waals surface area (Å²) < 4.78 is 4.56. The van der Waals surface area contributed by atoms with Gasteiger partial charge >= 0.3 is 5.97 Å². The lowest BCUT2D eigenvalue weighted by molar-refractivity contribution is -0.115. The van der Waals surface area contributed by atoms with Crippen molar-refractivity contribution in [2.45, 2.75) is 6.42 Å². The van der Waals surface area contributed by atoms with Crippen molar-refractivity contribution in [2.75, 3.05) is 12.4 Å². The highest BCUT2D eigenvalue weighted by molar-refractivity contribution is 6.35. The SMILES string of the molecule is COC(=O)c1cccc(NC(=O)Cc2ccc(Cl)cc2Cl)c1O. The maximum absolute atomic E-state index is 12.1. The van der Waals surface area contributed by atoms with Crippen molar-refractivity contribution in [3.05, 3.63) is 57.6 Å². The summed E-state index contributed by atoms with van der Waals surface area (Å²) in [7, 11) is 1.20. The minimum absolute atomic E-state index is 0.00209. The summed E-state index contributed by atoms with van der Waals surface area (Å²) in [6, 6.07) is 9.22. The molecule has 0 spiro atoms. The molecule has 0 aromatic heterocycles. The first-order valence-corrected chi connectivity index (χ1v) is 7.32. The van der Waals surface area contributed by atoms with Gasteiger partial charge in [-0.2, -0.15) is 0 Å². The fourth-order valence-corrected chi connectivity index (χ4v) is 2.43. The second kappa shape index (κ2) is 7.35. The van der Waals surface area contributed by atoms with Crippen molar-refractivity contribution in [3.63, 3.8) is 0 Å². The summed E-state index contributed by atoms with van der Waals surface area (Å²) in [5.74, 6) is -1.44. The van der Waals surface area contributed by atoms with E-state index in [9.17, 15) is 14.7 Å². The molecule has 7 heteroatoms. The van der Waals surface area contributed by atoms with E-state index in [1.807, 2.05) is 0 Å². The van der Waals surface area contributed by atoms with E-state index >= 15 is 0 Å². The van der Waals surface area contributed by atoms with Gasteiger partial charge in [0.2, 0.25) is 5.91 Å². The number of phenolic OH excluding ortho intramolecular Hbond substituents is 1. The molecular weight excluding hydrogens is 341 g/mol. The zero-order valence-electron chi connectivity index (χ0n) is 12.1. The smallest absolute Gasteiger partial charge is 0.341 e. The monoisotopic (exact) mass is 353 g/mol. The van der Waals surface area contributed by atoms with Crippen LogP contribution in [0.25, 0.3) is 0 Å². The second-order valence-corrected chi connectivity index (χ2v) is 5.50. The molecule has 0 atom stereocenters. The fraction of sp³-hybridized carbons (Fsp3) is 0.125. The number of anilines is 1. The number of benzene rings is 2. The highest BCUT2D eigenvalue weighted by Gasteiger charge is 2.16. The highest BCUT2D eigenvalue weighted by atomic mass is 35.5. The largest absolute Gasteiger partial charge is 0.505 e. The van der Waals surface area contributed by atoms with Crippen LogP contribution in [0, 0.1) is 0 Å². The molecule has 1 amide bonds. The number of hydrogen-bond acceptors (Lipinski definition) is 4. The van der Waals surface area contributed by atoms with E-state index in [4.69, 9.17) is 23.2 Å². The Morgan fingerprint density at radius 2 is 1.96 bits per heavy atom. The summed E-state index contributed by atoms with van der Waals surface area (Å²) in [6.45, 7) is 0. The number of halogens is 2. The molecule has 2 aromatic carbocycles. The standard InChI is InChI=1S/C16H13Cl2NO4/c1-23-16(22)11-3-2-4-13(15(11)21)19-14(20)7-9-5-6-10(17)8-12(9)18/h2-6,8,21H,7H2,1H3,(H,19,20). The van der Waals surface area contributed by atoms with Crippen LogP contribution < -0.4 is 5.32 Å². The zero-order chi connectivity index (χ0) is 17.0. The number of aromatic hydroxyl groups is 1. The predicted molar refractivity (Wildman–Crippen MR) is 88.2 cm³/mol. The molecule has 2 N–H and O–H groups in total.